The minimum absolute atomic E-state index is 0.628. The highest BCUT2D eigenvalue weighted by atomic mass is 32.2. The normalized spacial score (nSPS) is 10.3. The van der Waals surface area contributed by atoms with E-state index in [4.69, 9.17) is 4.98 Å². The molecule has 0 saturated heterocycles. The van der Waals surface area contributed by atoms with Crippen LogP contribution in [-0.2, 0) is 0 Å². The molecule has 0 saturated carbocycles. The van der Waals surface area contributed by atoms with Gasteiger partial charge in [0, 0.05) is 30.1 Å². The maximum atomic E-state index is 9.88. The SMILES string of the molecule is Cc1c(N(C)C)nc(Sc2ccccc2)c(C#N)c1-c1ccccc1. The topological polar surface area (TPSA) is 39.9 Å². The first-order valence-electron chi connectivity index (χ1n) is 8.02. The third-order valence-electron chi connectivity index (χ3n) is 3.94. The van der Waals surface area contributed by atoms with Gasteiger partial charge in [0.15, 0.2) is 0 Å². The quantitative estimate of drug-likeness (QED) is 0.656. The molecule has 0 N–H and O–H groups in total. The Bertz CT molecular complexity index is 913. The van der Waals surface area contributed by atoms with E-state index in [-0.39, 0.29) is 0 Å². The van der Waals surface area contributed by atoms with E-state index in [1.165, 1.54) is 11.8 Å². The molecule has 3 nitrogen and oxygen atoms in total. The number of hydrogen-bond donors (Lipinski definition) is 0. The monoisotopic (exact) mass is 345 g/mol. The smallest absolute Gasteiger partial charge is 0.133 e. The minimum atomic E-state index is 0.628. The van der Waals surface area contributed by atoms with Crippen molar-refractivity contribution >= 4 is 17.6 Å². The molecule has 0 radical (unpaired) electrons. The van der Waals surface area contributed by atoms with Crippen molar-refractivity contribution in [2.45, 2.75) is 16.8 Å². The molecule has 0 aliphatic heterocycles. The Morgan fingerprint density at radius 1 is 0.960 bits per heavy atom. The van der Waals surface area contributed by atoms with E-state index in [2.05, 4.69) is 6.07 Å². The van der Waals surface area contributed by atoms with E-state index in [0.29, 0.717) is 5.56 Å². The van der Waals surface area contributed by atoms with Gasteiger partial charge in [0.1, 0.15) is 16.9 Å². The molecule has 2 aromatic carbocycles. The van der Waals surface area contributed by atoms with Crippen LogP contribution in [0.2, 0.25) is 0 Å². The van der Waals surface area contributed by atoms with Crippen molar-refractivity contribution in [2.75, 3.05) is 19.0 Å². The second kappa shape index (κ2) is 7.42. The van der Waals surface area contributed by atoms with Crippen molar-refractivity contribution in [1.82, 2.24) is 4.98 Å². The summed E-state index contributed by atoms with van der Waals surface area (Å²) in [5.74, 6) is 0.885. The predicted molar refractivity (Wildman–Crippen MR) is 104 cm³/mol. The summed E-state index contributed by atoms with van der Waals surface area (Å²) in [6.45, 7) is 2.03. The van der Waals surface area contributed by atoms with E-state index in [9.17, 15) is 5.26 Å². The number of nitriles is 1. The van der Waals surface area contributed by atoms with Crippen molar-refractivity contribution in [1.29, 1.82) is 5.26 Å². The Balaban J connectivity index is 2.25. The molecule has 4 heteroatoms. The van der Waals surface area contributed by atoms with Crippen LogP contribution in [0.4, 0.5) is 5.82 Å². The Labute approximate surface area is 153 Å². The number of nitrogens with zero attached hydrogens (tertiary/aromatic N) is 3. The first-order chi connectivity index (χ1) is 12.1. The van der Waals surface area contributed by atoms with E-state index < -0.39 is 0 Å². The van der Waals surface area contributed by atoms with E-state index in [1.54, 1.807) is 0 Å². The van der Waals surface area contributed by atoms with Crippen LogP contribution in [0.25, 0.3) is 11.1 Å². The van der Waals surface area contributed by atoms with Crippen LogP contribution in [0.15, 0.2) is 70.6 Å². The Hall–Kier alpha value is -2.77. The van der Waals surface area contributed by atoms with Crippen LogP contribution in [0.1, 0.15) is 11.1 Å². The average Bonchev–Trinajstić information content (AvgIpc) is 2.63. The van der Waals surface area contributed by atoms with Gasteiger partial charge < -0.3 is 4.90 Å². The maximum absolute atomic E-state index is 9.88. The molecule has 25 heavy (non-hydrogen) atoms. The van der Waals surface area contributed by atoms with Gasteiger partial charge >= 0.3 is 0 Å². The fourth-order valence-electron chi connectivity index (χ4n) is 2.82. The molecule has 1 aromatic heterocycles. The van der Waals surface area contributed by atoms with Crippen LogP contribution < -0.4 is 4.90 Å². The van der Waals surface area contributed by atoms with E-state index in [1.807, 2.05) is 86.6 Å². The zero-order valence-corrected chi connectivity index (χ0v) is 15.3. The van der Waals surface area contributed by atoms with Crippen molar-refractivity contribution in [3.8, 4) is 17.2 Å². The lowest BCUT2D eigenvalue weighted by atomic mass is 9.97. The lowest BCUT2D eigenvalue weighted by Gasteiger charge is -2.20. The number of benzene rings is 2. The first-order valence-corrected chi connectivity index (χ1v) is 8.83. The van der Waals surface area contributed by atoms with Crippen molar-refractivity contribution in [2.24, 2.45) is 0 Å². The van der Waals surface area contributed by atoms with Gasteiger partial charge in [0.2, 0.25) is 0 Å². The van der Waals surface area contributed by atoms with Crippen molar-refractivity contribution in [3.05, 3.63) is 71.8 Å². The summed E-state index contributed by atoms with van der Waals surface area (Å²) in [7, 11) is 3.96. The standard InChI is InChI=1S/C21H19N3S/c1-15-19(16-10-6-4-7-11-16)18(14-22)21(23-20(15)24(2)3)25-17-12-8-5-9-13-17/h4-13H,1-3H3. The number of anilines is 1. The van der Waals surface area contributed by atoms with Gasteiger partial charge in [-0.2, -0.15) is 5.26 Å². The molecule has 0 aliphatic rings. The number of pyridine rings is 1. The summed E-state index contributed by atoms with van der Waals surface area (Å²) in [6, 6.07) is 22.5. The van der Waals surface area contributed by atoms with Crippen LogP contribution >= 0.6 is 11.8 Å². The molecule has 0 aliphatic carbocycles. The molecule has 3 aromatic rings. The summed E-state index contributed by atoms with van der Waals surface area (Å²) in [6.07, 6.45) is 0. The molecule has 1 heterocycles. The van der Waals surface area contributed by atoms with E-state index >= 15 is 0 Å². The van der Waals surface area contributed by atoms with Gasteiger partial charge in [-0.25, -0.2) is 4.98 Å². The van der Waals surface area contributed by atoms with E-state index in [0.717, 1.165) is 32.4 Å². The minimum Gasteiger partial charge on any atom is -0.362 e. The molecule has 0 spiro atoms. The highest BCUT2D eigenvalue weighted by Crippen LogP contribution is 2.39. The summed E-state index contributed by atoms with van der Waals surface area (Å²) < 4.78 is 0. The second-order valence-corrected chi connectivity index (χ2v) is 6.97. The van der Waals surface area contributed by atoms with Gasteiger partial charge in [0.25, 0.3) is 0 Å². The first kappa shape index (κ1) is 17.1. The molecule has 3 rings (SSSR count). The average molecular weight is 345 g/mol. The zero-order valence-electron chi connectivity index (χ0n) is 14.5. The number of aromatic nitrogens is 1. The molecule has 124 valence electrons. The maximum Gasteiger partial charge on any atom is 0.133 e. The van der Waals surface area contributed by atoms with Crippen LogP contribution in [-0.4, -0.2) is 19.1 Å². The van der Waals surface area contributed by atoms with Crippen LogP contribution in [0.3, 0.4) is 0 Å². The molecule has 0 atom stereocenters. The highest BCUT2D eigenvalue weighted by molar-refractivity contribution is 7.99. The van der Waals surface area contributed by atoms with Crippen molar-refractivity contribution < 1.29 is 0 Å². The molecule has 0 amide bonds. The Morgan fingerprint density at radius 2 is 1.56 bits per heavy atom. The van der Waals surface area contributed by atoms with Crippen molar-refractivity contribution in [3.63, 3.8) is 0 Å². The highest BCUT2D eigenvalue weighted by Gasteiger charge is 2.20. The van der Waals surface area contributed by atoms with Crippen LogP contribution in [0, 0.1) is 18.3 Å². The molecule has 0 bridgehead atoms. The third kappa shape index (κ3) is 3.52. The summed E-state index contributed by atoms with van der Waals surface area (Å²) in [5, 5.41) is 10.6. The fraction of sp³-hybridized carbons (Fsp3) is 0.143. The summed E-state index contributed by atoms with van der Waals surface area (Å²) >= 11 is 1.53. The van der Waals surface area contributed by atoms with Gasteiger partial charge in [-0.05, 0) is 24.6 Å². The summed E-state index contributed by atoms with van der Waals surface area (Å²) in [5.41, 5.74) is 3.64. The predicted octanol–water partition coefficient (Wildman–Crippen LogP) is 5.15. The second-order valence-electron chi connectivity index (χ2n) is 5.90. The van der Waals surface area contributed by atoms with Gasteiger partial charge in [-0.1, -0.05) is 60.3 Å². The van der Waals surface area contributed by atoms with Gasteiger partial charge in [-0.3, -0.25) is 0 Å². The fourth-order valence-corrected chi connectivity index (χ4v) is 3.72. The van der Waals surface area contributed by atoms with Gasteiger partial charge in [-0.15, -0.1) is 0 Å². The van der Waals surface area contributed by atoms with Crippen LogP contribution in [0.5, 0.6) is 0 Å². The molecular formula is C21H19N3S. The zero-order chi connectivity index (χ0) is 17.8. The Kier molecular flexibility index (Phi) is 5.06. The molecule has 0 unspecified atom stereocenters. The van der Waals surface area contributed by atoms with Gasteiger partial charge in [0.05, 0.1) is 5.56 Å². The number of hydrogen-bond acceptors (Lipinski definition) is 4. The lowest BCUT2D eigenvalue weighted by molar-refractivity contribution is 0.992. The molecule has 0 fully saturated rings. The molecular weight excluding hydrogens is 326 g/mol. The third-order valence-corrected chi connectivity index (χ3v) is 4.93. The Morgan fingerprint density at radius 3 is 2.12 bits per heavy atom. The lowest BCUT2D eigenvalue weighted by Crippen LogP contribution is -2.14. The number of rotatable bonds is 4. The summed E-state index contributed by atoms with van der Waals surface area (Å²) in [4.78, 5) is 7.86. The largest absolute Gasteiger partial charge is 0.362 e.